The molecule has 0 N–H and O–H groups in total. The topological polar surface area (TPSA) is 75.6 Å². The fourth-order valence-corrected chi connectivity index (χ4v) is 5.99. The second kappa shape index (κ2) is 7.04. The molecule has 2 aliphatic heterocycles. The Morgan fingerprint density at radius 1 is 1.03 bits per heavy atom. The quantitative estimate of drug-likeness (QED) is 0.412. The van der Waals surface area contributed by atoms with Gasteiger partial charge in [-0.2, -0.15) is 5.26 Å². The van der Waals surface area contributed by atoms with Gasteiger partial charge < -0.3 is 9.47 Å². The van der Waals surface area contributed by atoms with Crippen LogP contribution in [0.2, 0.25) is 0 Å². The SMILES string of the molecule is N#Cc1ccc(-c2cc3n(c2)Cc2cc(N4CC[C@H]5CCC[C@@H]54)ncc2-n2cnnc2-3)cc1. The van der Waals surface area contributed by atoms with Crippen molar-refractivity contribution in [3.63, 3.8) is 0 Å². The number of benzene rings is 1. The lowest BCUT2D eigenvalue weighted by molar-refractivity contribution is 0.540. The molecule has 0 bridgehead atoms. The Kier molecular flexibility index (Phi) is 3.98. The number of rotatable bonds is 2. The number of fused-ring (bicyclic) bond motifs is 6. The molecule has 1 aliphatic carbocycles. The van der Waals surface area contributed by atoms with Gasteiger partial charge in [-0.1, -0.05) is 18.6 Å². The third kappa shape index (κ3) is 2.83. The second-order valence-electron chi connectivity index (χ2n) is 9.37. The van der Waals surface area contributed by atoms with Crippen LogP contribution in [0.4, 0.5) is 5.82 Å². The lowest BCUT2D eigenvalue weighted by atomic mass is 10.0. The summed E-state index contributed by atoms with van der Waals surface area (Å²) < 4.78 is 4.31. The molecule has 0 unspecified atom stereocenters. The van der Waals surface area contributed by atoms with E-state index in [0.717, 1.165) is 53.2 Å². The van der Waals surface area contributed by atoms with Gasteiger partial charge in [0.2, 0.25) is 0 Å². The zero-order valence-corrected chi connectivity index (χ0v) is 18.2. The monoisotopic (exact) mass is 433 g/mol. The molecule has 0 amide bonds. The molecular formula is C26H23N7. The molecule has 1 saturated heterocycles. The Balaban J connectivity index is 1.31. The molecule has 2 atom stereocenters. The predicted molar refractivity (Wildman–Crippen MR) is 125 cm³/mol. The van der Waals surface area contributed by atoms with Crippen molar-refractivity contribution in [1.82, 2.24) is 24.3 Å². The molecule has 1 aromatic carbocycles. The lowest BCUT2D eigenvalue weighted by Gasteiger charge is -2.26. The normalized spacial score (nSPS) is 20.5. The van der Waals surface area contributed by atoms with Crippen molar-refractivity contribution in [2.75, 3.05) is 11.4 Å². The van der Waals surface area contributed by atoms with Crippen LogP contribution in [-0.4, -0.2) is 36.9 Å². The van der Waals surface area contributed by atoms with Crippen LogP contribution in [0.25, 0.3) is 28.3 Å². The molecule has 0 spiro atoms. The largest absolute Gasteiger partial charge is 0.353 e. The summed E-state index contributed by atoms with van der Waals surface area (Å²) in [7, 11) is 0. The summed E-state index contributed by atoms with van der Waals surface area (Å²) in [4.78, 5) is 7.43. The zero-order valence-electron chi connectivity index (χ0n) is 18.2. The molecular weight excluding hydrogens is 410 g/mol. The van der Waals surface area contributed by atoms with E-state index in [1.807, 2.05) is 30.5 Å². The number of anilines is 1. The second-order valence-corrected chi connectivity index (χ2v) is 9.37. The summed E-state index contributed by atoms with van der Waals surface area (Å²) in [6.45, 7) is 1.86. The maximum Gasteiger partial charge on any atom is 0.185 e. The molecule has 33 heavy (non-hydrogen) atoms. The molecule has 3 aromatic heterocycles. The van der Waals surface area contributed by atoms with Gasteiger partial charge in [0, 0.05) is 36.5 Å². The standard InChI is InChI=1S/C26H23N7/c27-12-17-4-6-18(7-5-17)20-10-23-26-30-29-16-33(26)24-13-28-25(11-21(24)15-31(23)14-20)32-9-8-19-2-1-3-22(19)32/h4-7,10-11,13-14,16,19,22H,1-3,8-9,15H2/t19-,22+/m1/s1. The number of hydrogen-bond donors (Lipinski definition) is 0. The number of hydrogen-bond acceptors (Lipinski definition) is 5. The van der Waals surface area contributed by atoms with Gasteiger partial charge in [0.15, 0.2) is 5.82 Å². The van der Waals surface area contributed by atoms with E-state index >= 15 is 0 Å². The third-order valence-electron chi connectivity index (χ3n) is 7.63. The fraction of sp³-hybridized carbons (Fsp3) is 0.308. The van der Waals surface area contributed by atoms with E-state index < -0.39 is 0 Å². The summed E-state index contributed by atoms with van der Waals surface area (Å²) in [6, 6.07) is 15.0. The molecule has 7 nitrogen and oxygen atoms in total. The smallest absolute Gasteiger partial charge is 0.185 e. The first-order valence-electron chi connectivity index (χ1n) is 11.7. The molecule has 3 aliphatic rings. The van der Waals surface area contributed by atoms with Crippen molar-refractivity contribution < 1.29 is 0 Å². The molecule has 0 radical (unpaired) electrons. The minimum Gasteiger partial charge on any atom is -0.353 e. The highest BCUT2D eigenvalue weighted by Crippen LogP contribution is 2.41. The van der Waals surface area contributed by atoms with E-state index in [1.165, 1.54) is 31.2 Å². The van der Waals surface area contributed by atoms with Crippen molar-refractivity contribution in [3.05, 3.63) is 66.2 Å². The van der Waals surface area contributed by atoms with Gasteiger partial charge in [-0.05, 0) is 55.0 Å². The molecule has 7 heteroatoms. The first-order chi connectivity index (χ1) is 16.3. The van der Waals surface area contributed by atoms with E-state index in [9.17, 15) is 0 Å². The molecule has 5 heterocycles. The van der Waals surface area contributed by atoms with Crippen LogP contribution in [0.3, 0.4) is 0 Å². The van der Waals surface area contributed by atoms with Gasteiger partial charge in [-0.3, -0.25) is 4.57 Å². The van der Waals surface area contributed by atoms with Gasteiger partial charge in [-0.15, -0.1) is 10.2 Å². The molecule has 4 aromatic rings. The average molecular weight is 434 g/mol. The van der Waals surface area contributed by atoms with Crippen molar-refractivity contribution in [2.24, 2.45) is 5.92 Å². The van der Waals surface area contributed by atoms with E-state index in [4.69, 9.17) is 10.2 Å². The minimum absolute atomic E-state index is 0.650. The molecule has 1 saturated carbocycles. The van der Waals surface area contributed by atoms with Crippen LogP contribution in [0.1, 0.15) is 36.8 Å². The fourth-order valence-electron chi connectivity index (χ4n) is 5.99. The number of nitriles is 1. The van der Waals surface area contributed by atoms with Gasteiger partial charge in [0.05, 0.1) is 29.2 Å². The van der Waals surface area contributed by atoms with E-state index in [-0.39, 0.29) is 0 Å². The predicted octanol–water partition coefficient (Wildman–Crippen LogP) is 4.41. The maximum atomic E-state index is 9.11. The van der Waals surface area contributed by atoms with Crippen LogP contribution in [-0.2, 0) is 6.54 Å². The van der Waals surface area contributed by atoms with Crippen molar-refractivity contribution in [1.29, 1.82) is 5.26 Å². The van der Waals surface area contributed by atoms with Crippen LogP contribution < -0.4 is 4.90 Å². The Morgan fingerprint density at radius 2 is 1.94 bits per heavy atom. The summed E-state index contributed by atoms with van der Waals surface area (Å²) in [5, 5.41) is 17.8. The number of aromatic nitrogens is 5. The molecule has 2 fully saturated rings. The highest BCUT2D eigenvalue weighted by atomic mass is 15.3. The summed E-state index contributed by atoms with van der Waals surface area (Å²) in [5.74, 6) is 2.75. The lowest BCUT2D eigenvalue weighted by Crippen LogP contribution is -2.30. The Labute approximate surface area is 191 Å². The van der Waals surface area contributed by atoms with Crippen LogP contribution >= 0.6 is 0 Å². The highest BCUT2D eigenvalue weighted by Gasteiger charge is 2.38. The highest BCUT2D eigenvalue weighted by molar-refractivity contribution is 5.72. The van der Waals surface area contributed by atoms with Gasteiger partial charge in [0.1, 0.15) is 12.1 Å². The van der Waals surface area contributed by atoms with Gasteiger partial charge in [-0.25, -0.2) is 4.98 Å². The number of pyridine rings is 1. The van der Waals surface area contributed by atoms with E-state index in [1.54, 1.807) is 6.33 Å². The number of nitrogens with zero attached hydrogens (tertiary/aromatic N) is 7. The molecule has 7 rings (SSSR count). The van der Waals surface area contributed by atoms with Crippen molar-refractivity contribution >= 4 is 5.82 Å². The Morgan fingerprint density at radius 3 is 2.82 bits per heavy atom. The summed E-state index contributed by atoms with van der Waals surface area (Å²) in [5.41, 5.74) is 6.16. The van der Waals surface area contributed by atoms with E-state index in [0.29, 0.717) is 11.6 Å². The average Bonchev–Trinajstić information content (AvgIpc) is 3.62. The van der Waals surface area contributed by atoms with Gasteiger partial charge in [0.25, 0.3) is 0 Å². The molecule has 162 valence electrons. The summed E-state index contributed by atoms with van der Waals surface area (Å²) in [6.07, 6.45) is 11.2. The Hall–Kier alpha value is -3.92. The van der Waals surface area contributed by atoms with Crippen molar-refractivity contribution in [3.8, 4) is 34.4 Å². The van der Waals surface area contributed by atoms with E-state index in [2.05, 4.69) is 48.6 Å². The first-order valence-corrected chi connectivity index (χ1v) is 11.7. The summed E-state index contributed by atoms with van der Waals surface area (Å²) >= 11 is 0. The van der Waals surface area contributed by atoms with Crippen LogP contribution in [0, 0.1) is 17.2 Å². The maximum absolute atomic E-state index is 9.11. The first kappa shape index (κ1) is 18.6. The van der Waals surface area contributed by atoms with Crippen LogP contribution in [0.5, 0.6) is 0 Å². The van der Waals surface area contributed by atoms with Gasteiger partial charge >= 0.3 is 0 Å². The zero-order chi connectivity index (χ0) is 21.9. The van der Waals surface area contributed by atoms with Crippen LogP contribution in [0.15, 0.2) is 55.1 Å². The minimum atomic E-state index is 0.650. The van der Waals surface area contributed by atoms with Crippen molar-refractivity contribution in [2.45, 2.75) is 38.3 Å². The Bertz CT molecular complexity index is 1410. The third-order valence-corrected chi connectivity index (χ3v) is 7.63.